The van der Waals surface area contributed by atoms with Gasteiger partial charge in [0.05, 0.1) is 31.9 Å². The molecule has 2 rings (SSSR count). The third-order valence-corrected chi connectivity index (χ3v) is 3.68. The Morgan fingerprint density at radius 3 is 2.35 bits per heavy atom. The van der Waals surface area contributed by atoms with Crippen molar-refractivity contribution in [2.45, 2.75) is 26.8 Å². The Bertz CT molecular complexity index is 696. The number of carbonyl (C=O) groups excluding carboxylic acids is 1. The minimum absolute atomic E-state index is 0.325. The molecule has 6 heteroatoms. The maximum atomic E-state index is 12.0. The Labute approximate surface area is 136 Å². The van der Waals surface area contributed by atoms with Gasteiger partial charge < -0.3 is 20.1 Å². The molecule has 0 saturated heterocycles. The molecule has 0 aromatic heterocycles. The van der Waals surface area contributed by atoms with Gasteiger partial charge in [-0.3, -0.25) is 0 Å². The Morgan fingerprint density at radius 1 is 1.17 bits per heavy atom. The van der Waals surface area contributed by atoms with Gasteiger partial charge in [0.15, 0.2) is 11.5 Å². The SMILES string of the molecule is COc1ccc([C@@H]2NC(=O)NC(C(C)(C)C)=C2C#N)cc1OC. The van der Waals surface area contributed by atoms with E-state index in [1.165, 1.54) is 0 Å². The molecule has 23 heavy (non-hydrogen) atoms. The maximum absolute atomic E-state index is 12.0. The number of hydrogen-bond acceptors (Lipinski definition) is 4. The monoisotopic (exact) mass is 315 g/mol. The molecule has 0 radical (unpaired) electrons. The number of benzene rings is 1. The molecule has 0 spiro atoms. The van der Waals surface area contributed by atoms with Gasteiger partial charge in [0.25, 0.3) is 0 Å². The van der Waals surface area contributed by atoms with Crippen molar-refractivity contribution in [2.24, 2.45) is 5.41 Å². The fourth-order valence-corrected chi connectivity index (χ4v) is 2.56. The standard InChI is InChI=1S/C17H21N3O3/c1-17(2,3)15-11(9-18)14(19-16(21)20-15)10-6-7-12(22-4)13(8-10)23-5/h6-8,14H,1-5H3,(H2,19,20,21)/t14-/m0/s1. The van der Waals surface area contributed by atoms with Crippen molar-refractivity contribution in [3.05, 3.63) is 35.0 Å². The fraction of sp³-hybridized carbons (Fsp3) is 0.412. The first-order chi connectivity index (χ1) is 10.8. The summed E-state index contributed by atoms with van der Waals surface area (Å²) in [5.74, 6) is 1.14. The molecular weight excluding hydrogens is 294 g/mol. The third-order valence-electron chi connectivity index (χ3n) is 3.68. The number of hydrogen-bond donors (Lipinski definition) is 2. The number of nitrogens with zero attached hydrogens (tertiary/aromatic N) is 1. The first-order valence-electron chi connectivity index (χ1n) is 7.26. The van der Waals surface area contributed by atoms with Crippen molar-refractivity contribution in [2.75, 3.05) is 14.2 Å². The van der Waals surface area contributed by atoms with E-state index in [1.54, 1.807) is 26.4 Å². The molecule has 0 unspecified atom stereocenters. The van der Waals surface area contributed by atoms with Crippen molar-refractivity contribution in [3.8, 4) is 17.6 Å². The number of methoxy groups -OCH3 is 2. The Morgan fingerprint density at radius 2 is 1.83 bits per heavy atom. The van der Waals surface area contributed by atoms with Crippen LogP contribution in [0.25, 0.3) is 0 Å². The molecule has 0 aliphatic carbocycles. The molecule has 2 N–H and O–H groups in total. The smallest absolute Gasteiger partial charge is 0.319 e. The van der Waals surface area contributed by atoms with E-state index in [0.29, 0.717) is 22.8 Å². The van der Waals surface area contributed by atoms with Crippen LogP contribution >= 0.6 is 0 Å². The van der Waals surface area contributed by atoms with Crippen LogP contribution in [0.5, 0.6) is 11.5 Å². The summed E-state index contributed by atoms with van der Waals surface area (Å²) in [6, 6.07) is 6.72. The number of amides is 2. The number of nitriles is 1. The van der Waals surface area contributed by atoms with Gasteiger partial charge in [-0.1, -0.05) is 26.8 Å². The molecule has 2 amide bonds. The summed E-state index contributed by atoms with van der Waals surface area (Å²) in [6.07, 6.45) is 0. The van der Waals surface area contributed by atoms with Gasteiger partial charge in [0.1, 0.15) is 0 Å². The first kappa shape index (κ1) is 16.7. The quantitative estimate of drug-likeness (QED) is 0.898. The van der Waals surface area contributed by atoms with Gasteiger partial charge >= 0.3 is 6.03 Å². The second kappa shape index (κ2) is 6.21. The molecule has 0 fully saturated rings. The molecule has 1 atom stereocenters. The van der Waals surface area contributed by atoms with Crippen LogP contribution in [0.4, 0.5) is 4.79 Å². The van der Waals surface area contributed by atoms with Gasteiger partial charge in [0.2, 0.25) is 0 Å². The summed E-state index contributed by atoms with van der Waals surface area (Å²) >= 11 is 0. The zero-order valence-corrected chi connectivity index (χ0v) is 14.0. The van der Waals surface area contributed by atoms with E-state index < -0.39 is 6.04 Å². The van der Waals surface area contributed by atoms with Crippen LogP contribution in [-0.2, 0) is 0 Å². The third kappa shape index (κ3) is 3.24. The maximum Gasteiger partial charge on any atom is 0.319 e. The lowest BCUT2D eigenvalue weighted by molar-refractivity contribution is 0.235. The van der Waals surface area contributed by atoms with Crippen molar-refractivity contribution in [1.82, 2.24) is 10.6 Å². The van der Waals surface area contributed by atoms with Gasteiger partial charge in [-0.05, 0) is 17.7 Å². The Balaban J connectivity index is 2.57. The largest absolute Gasteiger partial charge is 0.493 e. The van der Waals surface area contributed by atoms with Crippen LogP contribution in [0, 0.1) is 16.7 Å². The van der Waals surface area contributed by atoms with E-state index in [0.717, 1.165) is 5.56 Å². The summed E-state index contributed by atoms with van der Waals surface area (Å²) in [5, 5.41) is 15.2. The topological polar surface area (TPSA) is 83.4 Å². The lowest BCUT2D eigenvalue weighted by Crippen LogP contribution is -2.46. The van der Waals surface area contributed by atoms with Crippen molar-refractivity contribution >= 4 is 6.03 Å². The highest BCUT2D eigenvalue weighted by molar-refractivity contribution is 5.80. The molecule has 1 heterocycles. The molecule has 1 aliphatic heterocycles. The van der Waals surface area contributed by atoms with Gasteiger partial charge in [-0.2, -0.15) is 5.26 Å². The number of carbonyl (C=O) groups is 1. The van der Waals surface area contributed by atoms with E-state index in [4.69, 9.17) is 9.47 Å². The predicted octanol–water partition coefficient (Wildman–Crippen LogP) is 2.88. The highest BCUT2D eigenvalue weighted by atomic mass is 16.5. The van der Waals surface area contributed by atoms with E-state index in [1.807, 2.05) is 26.8 Å². The molecule has 1 aromatic carbocycles. The molecule has 1 aliphatic rings. The Hall–Kier alpha value is -2.68. The summed E-state index contributed by atoms with van der Waals surface area (Å²) in [7, 11) is 3.10. The zero-order valence-electron chi connectivity index (χ0n) is 14.0. The lowest BCUT2D eigenvalue weighted by atomic mass is 9.84. The van der Waals surface area contributed by atoms with Crippen molar-refractivity contribution in [1.29, 1.82) is 5.26 Å². The molecular formula is C17H21N3O3. The summed E-state index contributed by atoms with van der Waals surface area (Å²) < 4.78 is 10.5. The molecule has 0 bridgehead atoms. The molecule has 1 aromatic rings. The summed E-state index contributed by atoms with van der Waals surface area (Å²) in [4.78, 5) is 12.0. The lowest BCUT2D eigenvalue weighted by Gasteiger charge is -2.33. The van der Waals surface area contributed by atoms with Crippen LogP contribution in [0.2, 0.25) is 0 Å². The average Bonchev–Trinajstić information content (AvgIpc) is 2.52. The van der Waals surface area contributed by atoms with Crippen LogP contribution in [-0.4, -0.2) is 20.3 Å². The van der Waals surface area contributed by atoms with Crippen LogP contribution in [0.15, 0.2) is 29.5 Å². The Kier molecular flexibility index (Phi) is 4.50. The van der Waals surface area contributed by atoms with E-state index >= 15 is 0 Å². The van der Waals surface area contributed by atoms with Crippen LogP contribution in [0.3, 0.4) is 0 Å². The fourth-order valence-electron chi connectivity index (χ4n) is 2.56. The summed E-state index contributed by atoms with van der Waals surface area (Å²) in [6.45, 7) is 5.87. The number of nitrogens with one attached hydrogen (secondary N) is 2. The minimum Gasteiger partial charge on any atom is -0.493 e. The van der Waals surface area contributed by atoms with Gasteiger partial charge in [-0.15, -0.1) is 0 Å². The first-order valence-corrected chi connectivity index (χ1v) is 7.26. The zero-order chi connectivity index (χ0) is 17.2. The van der Waals surface area contributed by atoms with Crippen molar-refractivity contribution < 1.29 is 14.3 Å². The van der Waals surface area contributed by atoms with Crippen LogP contribution < -0.4 is 20.1 Å². The number of rotatable bonds is 3. The second-order valence-corrected chi connectivity index (χ2v) is 6.30. The number of urea groups is 1. The minimum atomic E-state index is -0.525. The van der Waals surface area contributed by atoms with E-state index in [9.17, 15) is 10.1 Å². The highest BCUT2D eigenvalue weighted by Crippen LogP contribution is 2.37. The van der Waals surface area contributed by atoms with Crippen molar-refractivity contribution in [3.63, 3.8) is 0 Å². The van der Waals surface area contributed by atoms with Gasteiger partial charge in [-0.25, -0.2) is 4.79 Å². The van der Waals surface area contributed by atoms with E-state index in [-0.39, 0.29) is 11.4 Å². The van der Waals surface area contributed by atoms with Gasteiger partial charge in [0, 0.05) is 11.1 Å². The highest BCUT2D eigenvalue weighted by Gasteiger charge is 2.34. The molecule has 122 valence electrons. The second-order valence-electron chi connectivity index (χ2n) is 6.30. The number of ether oxygens (including phenoxy) is 2. The van der Waals surface area contributed by atoms with E-state index in [2.05, 4.69) is 16.7 Å². The normalized spacial score (nSPS) is 17.9. The average molecular weight is 315 g/mol. The molecule has 6 nitrogen and oxygen atoms in total. The molecule has 0 saturated carbocycles. The predicted molar refractivity (Wildman–Crippen MR) is 86.0 cm³/mol. The summed E-state index contributed by atoms with van der Waals surface area (Å²) in [5.41, 5.74) is 1.53. The van der Waals surface area contributed by atoms with Crippen LogP contribution in [0.1, 0.15) is 32.4 Å². The number of allylic oxidation sites excluding steroid dienone is 1.